The molecule has 26 heavy (non-hydrogen) atoms. The molecule has 2 aromatic rings. The fourth-order valence-electron chi connectivity index (χ4n) is 3.45. The van der Waals surface area contributed by atoms with Gasteiger partial charge in [0.2, 0.25) is 0 Å². The maximum atomic E-state index is 12.9. The van der Waals surface area contributed by atoms with Gasteiger partial charge in [-0.1, -0.05) is 97.0 Å². The molecule has 0 heterocycles. The van der Waals surface area contributed by atoms with Crippen molar-refractivity contribution in [2.45, 2.75) is 61.3 Å². The Kier molecular flexibility index (Phi) is 9.05. The summed E-state index contributed by atoms with van der Waals surface area (Å²) in [7, 11) is 0. The molecule has 0 radical (unpaired) electrons. The molecule has 0 unspecified atom stereocenters. The predicted octanol–water partition coefficient (Wildman–Crippen LogP) is 6.99. The van der Waals surface area contributed by atoms with Crippen LogP contribution >= 0.6 is 0 Å². The Balaban J connectivity index is 0.000000791. The molecule has 1 aliphatic rings. The predicted molar refractivity (Wildman–Crippen MR) is 115 cm³/mol. The molecule has 0 N–H and O–H groups in total. The van der Waals surface area contributed by atoms with Crippen LogP contribution in [-0.2, 0) is 17.6 Å². The third-order valence-corrected chi connectivity index (χ3v) is 4.45. The van der Waals surface area contributed by atoms with Gasteiger partial charge in [0.05, 0.1) is 0 Å². The summed E-state index contributed by atoms with van der Waals surface area (Å²) in [6, 6.07) is 16.7. The first-order valence-electron chi connectivity index (χ1n) is 10.1. The quantitative estimate of drug-likeness (QED) is 0.583. The summed E-state index contributed by atoms with van der Waals surface area (Å²) in [5.74, 6) is 0.577. The molecule has 0 saturated heterocycles. The second kappa shape index (κ2) is 10.8. The maximum Gasteiger partial charge on any atom is 0.168 e. The van der Waals surface area contributed by atoms with Crippen molar-refractivity contribution in [3.05, 3.63) is 70.8 Å². The molecule has 140 valence electrons. The Morgan fingerprint density at radius 1 is 0.846 bits per heavy atom. The van der Waals surface area contributed by atoms with E-state index in [2.05, 4.69) is 57.2 Å². The van der Waals surface area contributed by atoms with Crippen molar-refractivity contribution in [3.8, 4) is 0 Å². The number of benzene rings is 2. The molecule has 2 aromatic carbocycles. The molecular formula is C25H34O. The molecule has 0 aliphatic heterocycles. The van der Waals surface area contributed by atoms with Crippen LogP contribution in [0.3, 0.4) is 0 Å². The Morgan fingerprint density at radius 2 is 1.38 bits per heavy atom. The van der Waals surface area contributed by atoms with E-state index in [0.29, 0.717) is 12.3 Å². The van der Waals surface area contributed by atoms with Gasteiger partial charge in [-0.3, -0.25) is 4.79 Å². The van der Waals surface area contributed by atoms with E-state index in [1.165, 1.54) is 16.7 Å². The van der Waals surface area contributed by atoms with Crippen LogP contribution in [0, 0.1) is 5.92 Å². The lowest BCUT2D eigenvalue weighted by Crippen LogP contribution is -2.18. The summed E-state index contributed by atoms with van der Waals surface area (Å²) in [6.07, 6.45) is 1.46. The minimum Gasteiger partial charge on any atom is -0.294 e. The van der Waals surface area contributed by atoms with E-state index >= 15 is 0 Å². The van der Waals surface area contributed by atoms with Gasteiger partial charge in [-0.15, -0.1) is 0 Å². The van der Waals surface area contributed by atoms with Crippen LogP contribution < -0.4 is 0 Å². The fraction of sp³-hybridized carbons (Fsp3) is 0.400. The van der Waals surface area contributed by atoms with Crippen molar-refractivity contribution in [1.29, 1.82) is 0 Å². The number of carbonyl (C=O) groups is 1. The molecule has 0 amide bonds. The van der Waals surface area contributed by atoms with E-state index in [1.54, 1.807) is 0 Å². The molecule has 0 aromatic heterocycles. The molecular weight excluding hydrogens is 316 g/mol. The van der Waals surface area contributed by atoms with Gasteiger partial charge >= 0.3 is 0 Å². The van der Waals surface area contributed by atoms with Crippen molar-refractivity contribution in [1.82, 2.24) is 0 Å². The lowest BCUT2D eigenvalue weighted by molar-refractivity contribution is -0.113. The van der Waals surface area contributed by atoms with E-state index in [0.717, 1.165) is 23.1 Å². The lowest BCUT2D eigenvalue weighted by atomic mass is 9.76. The van der Waals surface area contributed by atoms with Crippen LogP contribution in [0.2, 0.25) is 0 Å². The van der Waals surface area contributed by atoms with Gasteiger partial charge in [0.1, 0.15) is 0 Å². The van der Waals surface area contributed by atoms with E-state index < -0.39 is 0 Å². The number of hydrogen-bond donors (Lipinski definition) is 0. The van der Waals surface area contributed by atoms with E-state index in [4.69, 9.17) is 0 Å². The van der Waals surface area contributed by atoms with Crippen molar-refractivity contribution >= 4 is 16.9 Å². The Labute approximate surface area is 160 Å². The Hall–Kier alpha value is -2.15. The standard InChI is InChI=1S/C21H22O.2C2H6/c1-4-15-9-5-7-11-17(15)21-19(22)13-16-10-6-8-12-18(16)20(21)14(2)3;2*1-2/h5-12,14H,4,13H2,1-3H3;2*1-2H3. The molecule has 1 aliphatic carbocycles. The number of carbonyl (C=O) groups excluding carboxylic acids is 1. The van der Waals surface area contributed by atoms with E-state index in [1.807, 2.05) is 39.8 Å². The number of allylic oxidation sites excluding steroid dienone is 2. The number of fused-ring (bicyclic) bond motifs is 1. The van der Waals surface area contributed by atoms with Crippen LogP contribution in [-0.4, -0.2) is 5.78 Å². The third-order valence-electron chi connectivity index (χ3n) is 4.45. The number of ketones is 1. The summed E-state index contributed by atoms with van der Waals surface area (Å²) < 4.78 is 0. The van der Waals surface area contributed by atoms with Gasteiger partial charge in [-0.25, -0.2) is 0 Å². The zero-order chi connectivity index (χ0) is 19.7. The zero-order valence-corrected chi connectivity index (χ0v) is 17.5. The van der Waals surface area contributed by atoms with Gasteiger partial charge in [0.15, 0.2) is 5.78 Å². The highest BCUT2D eigenvalue weighted by Gasteiger charge is 2.28. The van der Waals surface area contributed by atoms with Gasteiger partial charge in [0, 0.05) is 12.0 Å². The molecule has 3 rings (SSSR count). The second-order valence-electron chi connectivity index (χ2n) is 6.21. The highest BCUT2D eigenvalue weighted by atomic mass is 16.1. The molecule has 0 bridgehead atoms. The first-order valence-corrected chi connectivity index (χ1v) is 10.1. The molecule has 0 saturated carbocycles. The van der Waals surface area contributed by atoms with Crippen molar-refractivity contribution in [2.24, 2.45) is 5.92 Å². The van der Waals surface area contributed by atoms with Crippen molar-refractivity contribution < 1.29 is 4.79 Å². The van der Waals surface area contributed by atoms with Gasteiger partial charge in [-0.2, -0.15) is 0 Å². The average molecular weight is 351 g/mol. The van der Waals surface area contributed by atoms with Crippen LogP contribution in [0.15, 0.2) is 48.5 Å². The largest absolute Gasteiger partial charge is 0.294 e. The highest BCUT2D eigenvalue weighted by Crippen LogP contribution is 2.40. The van der Waals surface area contributed by atoms with Gasteiger partial charge in [-0.05, 0) is 40.2 Å². The SMILES string of the molecule is CC.CC.CCc1ccccc1C1=C(C(C)C)c2ccccc2CC1=O. The normalized spacial score (nSPS) is 12.7. The summed E-state index contributed by atoms with van der Waals surface area (Å²) in [5.41, 5.74) is 6.92. The van der Waals surface area contributed by atoms with Gasteiger partial charge < -0.3 is 0 Å². The number of Topliss-reactive ketones (excluding diaryl/α,β-unsaturated/α-hetero) is 1. The van der Waals surface area contributed by atoms with E-state index in [-0.39, 0.29) is 5.78 Å². The summed E-state index contributed by atoms with van der Waals surface area (Å²) in [6.45, 7) is 14.5. The molecule has 0 atom stereocenters. The smallest absolute Gasteiger partial charge is 0.168 e. The molecule has 1 heteroatoms. The first-order chi connectivity index (χ1) is 12.6. The monoisotopic (exact) mass is 350 g/mol. The van der Waals surface area contributed by atoms with Crippen LogP contribution in [0.5, 0.6) is 0 Å². The van der Waals surface area contributed by atoms with Crippen LogP contribution in [0.1, 0.15) is 70.7 Å². The fourth-order valence-corrected chi connectivity index (χ4v) is 3.45. The summed E-state index contributed by atoms with van der Waals surface area (Å²) in [5, 5.41) is 0. The van der Waals surface area contributed by atoms with E-state index in [9.17, 15) is 4.79 Å². The zero-order valence-electron chi connectivity index (χ0n) is 17.5. The highest BCUT2D eigenvalue weighted by molar-refractivity contribution is 6.30. The third kappa shape index (κ3) is 4.52. The Bertz CT molecular complexity index is 750. The number of aryl methyl sites for hydroxylation is 1. The molecule has 0 fully saturated rings. The summed E-state index contributed by atoms with van der Waals surface area (Å²) in [4.78, 5) is 12.9. The topological polar surface area (TPSA) is 17.1 Å². The van der Waals surface area contributed by atoms with Crippen LogP contribution in [0.4, 0.5) is 0 Å². The van der Waals surface area contributed by atoms with Crippen molar-refractivity contribution in [2.75, 3.05) is 0 Å². The summed E-state index contributed by atoms with van der Waals surface area (Å²) >= 11 is 0. The minimum absolute atomic E-state index is 0.253. The minimum atomic E-state index is 0.253. The van der Waals surface area contributed by atoms with Crippen LogP contribution in [0.25, 0.3) is 11.1 Å². The average Bonchev–Trinajstić information content (AvgIpc) is 2.69. The maximum absolute atomic E-state index is 12.9. The molecule has 1 nitrogen and oxygen atoms in total. The first kappa shape index (κ1) is 21.9. The lowest BCUT2D eigenvalue weighted by Gasteiger charge is -2.26. The van der Waals surface area contributed by atoms with Crippen molar-refractivity contribution in [3.63, 3.8) is 0 Å². The molecule has 0 spiro atoms. The Morgan fingerprint density at radius 3 is 1.96 bits per heavy atom. The number of rotatable bonds is 3. The van der Waals surface area contributed by atoms with Gasteiger partial charge in [0.25, 0.3) is 0 Å². The second-order valence-corrected chi connectivity index (χ2v) is 6.21. The number of hydrogen-bond acceptors (Lipinski definition) is 1.